The van der Waals surface area contributed by atoms with E-state index in [0.29, 0.717) is 0 Å². The highest BCUT2D eigenvalue weighted by atomic mass is 79.9. The Morgan fingerprint density at radius 1 is 1.50 bits per heavy atom. The summed E-state index contributed by atoms with van der Waals surface area (Å²) in [6.07, 6.45) is 0. The minimum atomic E-state index is -0.813. The van der Waals surface area contributed by atoms with Crippen molar-refractivity contribution >= 4 is 43.6 Å². The van der Waals surface area contributed by atoms with Crippen LogP contribution in [-0.2, 0) is 9.59 Å². The van der Waals surface area contributed by atoms with Crippen LogP contribution in [0.2, 0.25) is 0 Å². The van der Waals surface area contributed by atoms with Crippen molar-refractivity contribution in [3.05, 3.63) is 0 Å². The first-order valence-electron chi connectivity index (χ1n) is 4.29. The zero-order valence-corrected chi connectivity index (χ0v) is 11.1. The maximum atomic E-state index is 11.4. The van der Waals surface area contributed by atoms with E-state index in [2.05, 4.69) is 31.9 Å². The van der Waals surface area contributed by atoms with Gasteiger partial charge in [0.2, 0.25) is 0 Å². The molecule has 0 amide bonds. The molecule has 0 aromatic carbocycles. The highest BCUT2D eigenvalue weighted by Gasteiger charge is 2.65. The molecule has 80 valence electrons. The minimum Gasteiger partial charge on any atom is -0.481 e. The third-order valence-corrected chi connectivity index (χ3v) is 4.56. The van der Waals surface area contributed by atoms with Gasteiger partial charge in [0.25, 0.3) is 0 Å². The second kappa shape index (κ2) is 3.93. The van der Waals surface area contributed by atoms with Crippen molar-refractivity contribution in [2.75, 3.05) is 5.33 Å². The highest BCUT2D eigenvalue weighted by Crippen LogP contribution is 2.61. The first-order valence-corrected chi connectivity index (χ1v) is 6.33. The lowest BCUT2D eigenvalue weighted by atomic mass is 10.1. The third kappa shape index (κ3) is 1.89. The number of halogens is 2. The molecule has 0 aromatic heterocycles. The first-order chi connectivity index (χ1) is 6.34. The Hall–Kier alpha value is 0.1000. The predicted octanol–water partition coefficient (Wildman–Crippen LogP) is 2.07. The normalized spacial score (nSPS) is 30.9. The largest absolute Gasteiger partial charge is 0.481 e. The Balaban J connectivity index is 2.73. The zero-order chi connectivity index (χ0) is 11.1. The van der Waals surface area contributed by atoms with Gasteiger partial charge in [-0.3, -0.25) is 9.59 Å². The summed E-state index contributed by atoms with van der Waals surface area (Å²) < 4.78 is 0. The number of hydrogen-bond acceptors (Lipinski definition) is 2. The van der Waals surface area contributed by atoms with Crippen molar-refractivity contribution < 1.29 is 14.7 Å². The molecule has 0 saturated heterocycles. The van der Waals surface area contributed by atoms with Crippen LogP contribution >= 0.6 is 31.9 Å². The molecule has 14 heavy (non-hydrogen) atoms. The Morgan fingerprint density at radius 2 is 2.00 bits per heavy atom. The first kappa shape index (κ1) is 12.2. The van der Waals surface area contributed by atoms with E-state index in [1.807, 2.05) is 13.8 Å². The Labute approximate surface area is 99.5 Å². The zero-order valence-electron chi connectivity index (χ0n) is 7.96. The van der Waals surface area contributed by atoms with E-state index >= 15 is 0 Å². The lowest BCUT2D eigenvalue weighted by Crippen LogP contribution is -2.20. The SMILES string of the molecule is CC1(C)C(C(=O)O)C1C(Br)C(=O)CBr. The van der Waals surface area contributed by atoms with Crippen LogP contribution in [0.1, 0.15) is 13.8 Å². The molecule has 1 fully saturated rings. The average molecular weight is 328 g/mol. The van der Waals surface area contributed by atoms with E-state index in [1.165, 1.54) is 0 Å². The number of carbonyl (C=O) groups excluding carboxylic acids is 1. The van der Waals surface area contributed by atoms with Crippen molar-refractivity contribution in [3.63, 3.8) is 0 Å². The number of carboxylic acid groups (broad SMARTS) is 1. The second-order valence-corrected chi connectivity index (χ2v) is 5.71. The molecule has 3 atom stereocenters. The summed E-state index contributed by atoms with van der Waals surface area (Å²) in [7, 11) is 0. The number of hydrogen-bond donors (Lipinski definition) is 1. The van der Waals surface area contributed by atoms with Gasteiger partial charge in [0.05, 0.1) is 16.1 Å². The van der Waals surface area contributed by atoms with Crippen LogP contribution in [0, 0.1) is 17.3 Å². The number of aliphatic carboxylic acids is 1. The van der Waals surface area contributed by atoms with Crippen molar-refractivity contribution in [1.29, 1.82) is 0 Å². The van der Waals surface area contributed by atoms with E-state index in [1.54, 1.807) is 0 Å². The monoisotopic (exact) mass is 326 g/mol. The van der Waals surface area contributed by atoms with Crippen LogP contribution in [0.5, 0.6) is 0 Å². The van der Waals surface area contributed by atoms with Gasteiger partial charge in [0.15, 0.2) is 5.78 Å². The number of Topliss-reactive ketones (excluding diaryl/α,β-unsaturated/α-hetero) is 1. The quantitative estimate of drug-likeness (QED) is 0.804. The lowest BCUT2D eigenvalue weighted by Gasteiger charge is -2.07. The van der Waals surface area contributed by atoms with Crippen LogP contribution in [-0.4, -0.2) is 27.0 Å². The highest BCUT2D eigenvalue weighted by molar-refractivity contribution is 9.10. The van der Waals surface area contributed by atoms with Crippen molar-refractivity contribution in [1.82, 2.24) is 0 Å². The van der Waals surface area contributed by atoms with Gasteiger partial charge >= 0.3 is 5.97 Å². The smallest absolute Gasteiger partial charge is 0.307 e. The average Bonchev–Trinajstić information content (AvgIpc) is 2.66. The maximum Gasteiger partial charge on any atom is 0.307 e. The summed E-state index contributed by atoms with van der Waals surface area (Å²) in [4.78, 5) is 21.9. The molecule has 1 aliphatic carbocycles. The number of ketones is 1. The summed E-state index contributed by atoms with van der Waals surface area (Å²) in [5.41, 5.74) is -0.280. The van der Waals surface area contributed by atoms with Gasteiger partial charge in [-0.15, -0.1) is 0 Å². The molecule has 0 heterocycles. The van der Waals surface area contributed by atoms with E-state index in [-0.39, 0.29) is 27.3 Å². The standard InChI is InChI=1S/C9H12Br2O3/c1-9(2)5(6(9)8(13)14)7(11)4(12)3-10/h5-7H,3H2,1-2H3,(H,13,14). The summed E-state index contributed by atoms with van der Waals surface area (Å²) in [5.74, 6) is -1.31. The molecule has 0 spiro atoms. The van der Waals surface area contributed by atoms with Gasteiger partial charge in [0, 0.05) is 0 Å². The van der Waals surface area contributed by atoms with Gasteiger partial charge in [-0.1, -0.05) is 45.7 Å². The van der Waals surface area contributed by atoms with Crippen molar-refractivity contribution in [2.24, 2.45) is 17.3 Å². The maximum absolute atomic E-state index is 11.4. The summed E-state index contributed by atoms with van der Waals surface area (Å²) >= 11 is 6.35. The lowest BCUT2D eigenvalue weighted by molar-refractivity contribution is -0.139. The van der Waals surface area contributed by atoms with Crippen LogP contribution in [0.4, 0.5) is 0 Å². The molecule has 3 unspecified atom stereocenters. The fourth-order valence-electron chi connectivity index (χ4n) is 1.97. The van der Waals surface area contributed by atoms with E-state index < -0.39 is 11.9 Å². The molecule has 3 nitrogen and oxygen atoms in total. The minimum absolute atomic E-state index is 0.00632. The van der Waals surface area contributed by atoms with Crippen molar-refractivity contribution in [2.45, 2.75) is 18.7 Å². The Bertz CT molecular complexity index is 275. The van der Waals surface area contributed by atoms with E-state index in [4.69, 9.17) is 5.11 Å². The third-order valence-electron chi connectivity index (χ3n) is 2.93. The molecule has 0 bridgehead atoms. The van der Waals surface area contributed by atoms with Gasteiger partial charge in [-0.2, -0.15) is 0 Å². The van der Waals surface area contributed by atoms with E-state index in [0.717, 1.165) is 0 Å². The van der Waals surface area contributed by atoms with Gasteiger partial charge in [-0.25, -0.2) is 0 Å². The molecule has 1 rings (SSSR count). The number of rotatable bonds is 4. The molecule has 1 N–H and O–H groups in total. The van der Waals surface area contributed by atoms with Crippen LogP contribution in [0.25, 0.3) is 0 Å². The van der Waals surface area contributed by atoms with Gasteiger partial charge in [0.1, 0.15) is 0 Å². The number of carbonyl (C=O) groups is 2. The molecule has 0 radical (unpaired) electrons. The predicted molar refractivity (Wildman–Crippen MR) is 59.9 cm³/mol. The fourth-order valence-corrected chi connectivity index (χ4v) is 3.90. The molecular weight excluding hydrogens is 316 g/mol. The van der Waals surface area contributed by atoms with Gasteiger partial charge < -0.3 is 5.11 Å². The number of alkyl halides is 2. The Kier molecular flexibility index (Phi) is 3.41. The van der Waals surface area contributed by atoms with Crippen LogP contribution < -0.4 is 0 Å². The van der Waals surface area contributed by atoms with Crippen LogP contribution in [0.3, 0.4) is 0 Å². The van der Waals surface area contributed by atoms with E-state index in [9.17, 15) is 9.59 Å². The number of carboxylic acids is 1. The fraction of sp³-hybridized carbons (Fsp3) is 0.778. The molecule has 0 aromatic rings. The topological polar surface area (TPSA) is 54.4 Å². The molecule has 1 saturated carbocycles. The molecular formula is C9H12Br2O3. The molecule has 1 aliphatic rings. The van der Waals surface area contributed by atoms with Crippen molar-refractivity contribution in [3.8, 4) is 0 Å². The molecule has 5 heteroatoms. The molecule has 0 aliphatic heterocycles. The summed E-state index contributed by atoms with van der Waals surface area (Å²) in [6, 6.07) is 0. The van der Waals surface area contributed by atoms with Crippen LogP contribution in [0.15, 0.2) is 0 Å². The Morgan fingerprint density at radius 3 is 2.29 bits per heavy atom. The second-order valence-electron chi connectivity index (χ2n) is 4.16. The summed E-state index contributed by atoms with van der Waals surface area (Å²) in [6.45, 7) is 3.76. The van der Waals surface area contributed by atoms with Gasteiger partial charge in [-0.05, 0) is 11.3 Å². The summed E-state index contributed by atoms with van der Waals surface area (Å²) in [5, 5.41) is 9.18.